The van der Waals surface area contributed by atoms with E-state index in [9.17, 15) is 19.2 Å². The highest BCUT2D eigenvalue weighted by atomic mass is 16.6. The number of carbonyl (C=O) groups excluding carboxylic acids is 3. The fourth-order valence-corrected chi connectivity index (χ4v) is 4.26. The molecule has 1 aliphatic heterocycles. The van der Waals surface area contributed by atoms with E-state index in [1.165, 1.54) is 18.2 Å². The Morgan fingerprint density at radius 1 is 1.00 bits per heavy atom. The Kier molecular flexibility index (Phi) is 7.54. The van der Waals surface area contributed by atoms with Crippen LogP contribution < -0.4 is 21.3 Å². The number of primary amides is 1. The number of carbonyl (C=O) groups is 3. The van der Waals surface area contributed by atoms with Crippen molar-refractivity contribution in [3.8, 4) is 5.75 Å². The number of amides is 2. The summed E-state index contributed by atoms with van der Waals surface area (Å²) < 4.78 is 11.7. The number of methoxy groups -OCH3 is 1. The summed E-state index contributed by atoms with van der Waals surface area (Å²) in [7, 11) is 1.54. The van der Waals surface area contributed by atoms with Gasteiger partial charge in [0.15, 0.2) is 5.78 Å². The van der Waals surface area contributed by atoms with Crippen molar-refractivity contribution >= 4 is 17.6 Å². The van der Waals surface area contributed by atoms with Crippen molar-refractivity contribution < 1.29 is 23.9 Å². The fraction of sp³-hybridized carbons (Fsp3) is 0.286. The number of aromatic nitrogens is 1. The summed E-state index contributed by atoms with van der Waals surface area (Å²) in [4.78, 5) is 52.2. The highest BCUT2D eigenvalue weighted by Crippen LogP contribution is 2.29. The summed E-state index contributed by atoms with van der Waals surface area (Å²) in [5.41, 5.74) is 5.48. The molecular formula is C28H29N3O6. The van der Waals surface area contributed by atoms with Gasteiger partial charge >= 0.3 is 0 Å². The molecule has 2 aromatic carbocycles. The van der Waals surface area contributed by atoms with Gasteiger partial charge in [-0.15, -0.1) is 0 Å². The molecule has 192 valence electrons. The predicted octanol–water partition coefficient (Wildman–Crippen LogP) is 1.83. The summed E-state index contributed by atoms with van der Waals surface area (Å²) in [5, 5.41) is 2.84. The fourth-order valence-electron chi connectivity index (χ4n) is 4.26. The van der Waals surface area contributed by atoms with Gasteiger partial charge in [-0.2, -0.15) is 0 Å². The van der Waals surface area contributed by atoms with Gasteiger partial charge in [0.05, 0.1) is 19.8 Å². The smallest absolute Gasteiger partial charge is 0.265 e. The van der Waals surface area contributed by atoms with E-state index >= 15 is 0 Å². The second-order valence-corrected chi connectivity index (χ2v) is 9.19. The van der Waals surface area contributed by atoms with Crippen molar-refractivity contribution in [1.82, 2.24) is 9.88 Å². The third kappa shape index (κ3) is 5.95. The quantitative estimate of drug-likeness (QED) is 0.384. The largest absolute Gasteiger partial charge is 0.497 e. The topological polar surface area (TPSA) is 133 Å². The zero-order valence-electron chi connectivity index (χ0n) is 20.7. The average molecular weight is 504 g/mol. The molecule has 1 saturated heterocycles. The number of pyridine rings is 1. The molecule has 0 unspecified atom stereocenters. The SMILES string of the molecule is COc1ccc(C[C@@H](C(=O)N[C@@H](Cc2ccccc2)C(=O)[C@@]2(C)CO2)n2c(C(N)=O)cccc2=O)cc1. The number of epoxide rings is 1. The van der Waals surface area contributed by atoms with Crippen LogP contribution in [0.5, 0.6) is 5.75 Å². The maximum atomic E-state index is 13.8. The molecule has 0 spiro atoms. The van der Waals surface area contributed by atoms with Gasteiger partial charge in [-0.25, -0.2) is 0 Å². The molecule has 4 rings (SSSR count). The van der Waals surface area contributed by atoms with Crippen LogP contribution in [0.15, 0.2) is 77.6 Å². The summed E-state index contributed by atoms with van der Waals surface area (Å²) in [6, 6.07) is 18.3. The monoisotopic (exact) mass is 503 g/mol. The second-order valence-electron chi connectivity index (χ2n) is 9.19. The maximum Gasteiger partial charge on any atom is 0.265 e. The molecule has 37 heavy (non-hydrogen) atoms. The Hall–Kier alpha value is -4.24. The van der Waals surface area contributed by atoms with Crippen molar-refractivity contribution in [1.29, 1.82) is 0 Å². The Bertz CT molecular complexity index is 1350. The van der Waals surface area contributed by atoms with E-state index in [4.69, 9.17) is 15.2 Å². The van der Waals surface area contributed by atoms with Gasteiger partial charge in [0, 0.05) is 12.5 Å². The predicted molar refractivity (Wildman–Crippen MR) is 136 cm³/mol. The number of hydrogen-bond donors (Lipinski definition) is 2. The second kappa shape index (κ2) is 10.8. The lowest BCUT2D eigenvalue weighted by Gasteiger charge is -2.26. The molecule has 0 aliphatic carbocycles. The zero-order valence-corrected chi connectivity index (χ0v) is 20.7. The van der Waals surface area contributed by atoms with Gasteiger partial charge in [-0.3, -0.25) is 23.7 Å². The van der Waals surface area contributed by atoms with E-state index in [2.05, 4.69) is 5.32 Å². The Morgan fingerprint density at radius 3 is 2.24 bits per heavy atom. The molecule has 3 atom stereocenters. The molecule has 3 N–H and O–H groups in total. The van der Waals surface area contributed by atoms with Gasteiger partial charge in [0.25, 0.3) is 11.5 Å². The zero-order chi connectivity index (χ0) is 26.6. The van der Waals surface area contributed by atoms with Crippen LogP contribution in [-0.4, -0.2) is 47.5 Å². The number of rotatable bonds is 11. The van der Waals surface area contributed by atoms with Crippen LogP contribution in [-0.2, 0) is 27.2 Å². The summed E-state index contributed by atoms with van der Waals surface area (Å²) in [6.45, 7) is 1.95. The first-order valence-corrected chi connectivity index (χ1v) is 11.9. The molecule has 1 aliphatic rings. The number of benzene rings is 2. The average Bonchev–Trinajstić information content (AvgIpc) is 3.65. The number of ketones is 1. The van der Waals surface area contributed by atoms with Crippen LogP contribution in [0.3, 0.4) is 0 Å². The summed E-state index contributed by atoms with van der Waals surface area (Å²) in [5.74, 6) is -1.07. The maximum absolute atomic E-state index is 13.8. The molecule has 2 heterocycles. The summed E-state index contributed by atoms with van der Waals surface area (Å²) >= 11 is 0. The minimum Gasteiger partial charge on any atom is -0.497 e. The molecule has 1 aromatic heterocycles. The Balaban J connectivity index is 1.71. The molecule has 0 radical (unpaired) electrons. The van der Waals surface area contributed by atoms with E-state index in [-0.39, 0.29) is 30.9 Å². The van der Waals surface area contributed by atoms with Gasteiger partial charge < -0.3 is 20.5 Å². The molecule has 1 fully saturated rings. The van der Waals surface area contributed by atoms with Crippen LogP contribution >= 0.6 is 0 Å². The Morgan fingerprint density at radius 2 is 1.65 bits per heavy atom. The van der Waals surface area contributed by atoms with E-state index in [0.717, 1.165) is 15.7 Å². The van der Waals surface area contributed by atoms with Gasteiger partial charge in [0.2, 0.25) is 5.91 Å². The van der Waals surface area contributed by atoms with E-state index in [0.29, 0.717) is 5.75 Å². The van der Waals surface area contributed by atoms with Crippen molar-refractivity contribution in [2.24, 2.45) is 5.73 Å². The van der Waals surface area contributed by atoms with Crippen molar-refractivity contribution in [3.63, 3.8) is 0 Å². The van der Waals surface area contributed by atoms with Crippen molar-refractivity contribution in [2.45, 2.75) is 37.5 Å². The first kappa shape index (κ1) is 25.8. The van der Waals surface area contributed by atoms with Crippen molar-refractivity contribution in [3.05, 3.63) is 100.0 Å². The molecule has 2 amide bonds. The van der Waals surface area contributed by atoms with Crippen molar-refractivity contribution in [2.75, 3.05) is 13.7 Å². The highest BCUT2D eigenvalue weighted by Gasteiger charge is 2.50. The van der Waals surface area contributed by atoms with E-state index in [1.54, 1.807) is 38.3 Å². The number of ether oxygens (including phenoxy) is 2. The lowest BCUT2D eigenvalue weighted by Crippen LogP contribution is -2.51. The van der Waals surface area contributed by atoms with Crippen LogP contribution in [0.25, 0.3) is 0 Å². The highest BCUT2D eigenvalue weighted by molar-refractivity contribution is 5.97. The number of nitrogens with two attached hydrogens (primary N) is 1. The van der Waals surface area contributed by atoms with Crippen LogP contribution in [0.2, 0.25) is 0 Å². The number of nitrogens with one attached hydrogen (secondary N) is 1. The van der Waals surface area contributed by atoms with Crippen LogP contribution in [0, 0.1) is 0 Å². The standard InChI is InChI=1S/C28H29N3O6/c1-28(17-37-28)25(33)21(15-18-7-4-3-5-8-18)30-27(35)23(16-19-11-13-20(36-2)14-12-19)31-22(26(29)34)9-6-10-24(31)32/h3-14,21,23H,15-17H2,1-2H3,(H2,29,34)(H,30,35)/t21-,23-,28+/m0/s1. The summed E-state index contributed by atoms with van der Waals surface area (Å²) in [6.07, 6.45) is 0.312. The number of nitrogens with zero attached hydrogens (tertiary/aromatic N) is 1. The minimum atomic E-state index is -1.15. The number of hydrogen-bond acceptors (Lipinski definition) is 6. The molecule has 0 bridgehead atoms. The molecule has 9 heteroatoms. The molecule has 9 nitrogen and oxygen atoms in total. The molecule has 0 saturated carbocycles. The van der Waals surface area contributed by atoms with Gasteiger partial charge in [-0.05, 0) is 42.7 Å². The normalized spacial score (nSPS) is 17.9. The Labute approximate surface area is 214 Å². The van der Waals surface area contributed by atoms with Crippen LogP contribution in [0.1, 0.15) is 34.6 Å². The number of Topliss-reactive ketones (excluding diaryl/α,β-unsaturated/α-hetero) is 1. The minimum absolute atomic E-state index is 0.0695. The van der Waals surface area contributed by atoms with Crippen LogP contribution in [0.4, 0.5) is 0 Å². The first-order chi connectivity index (χ1) is 17.7. The van der Waals surface area contributed by atoms with E-state index < -0.39 is 35.1 Å². The first-order valence-electron chi connectivity index (χ1n) is 11.9. The van der Waals surface area contributed by atoms with Gasteiger partial charge in [0.1, 0.15) is 23.1 Å². The van der Waals surface area contributed by atoms with E-state index in [1.807, 2.05) is 30.3 Å². The molecular weight excluding hydrogens is 474 g/mol. The van der Waals surface area contributed by atoms with Gasteiger partial charge in [-0.1, -0.05) is 48.5 Å². The molecule has 3 aromatic rings. The lowest BCUT2D eigenvalue weighted by molar-refractivity contribution is -0.132. The lowest BCUT2D eigenvalue weighted by atomic mass is 9.94. The third-order valence-corrected chi connectivity index (χ3v) is 6.46. The third-order valence-electron chi connectivity index (χ3n) is 6.46.